The van der Waals surface area contributed by atoms with Gasteiger partial charge < -0.3 is 24.1 Å². The van der Waals surface area contributed by atoms with Crippen molar-refractivity contribution in [2.45, 2.75) is 25.1 Å². The van der Waals surface area contributed by atoms with E-state index in [-0.39, 0.29) is 0 Å². The van der Waals surface area contributed by atoms with Gasteiger partial charge in [0.2, 0.25) is 0 Å². The molecule has 176 valence electrons. The van der Waals surface area contributed by atoms with Crippen LogP contribution in [0.15, 0.2) is 42.5 Å². The van der Waals surface area contributed by atoms with Crippen LogP contribution in [-0.4, -0.2) is 81.7 Å². The van der Waals surface area contributed by atoms with Crippen molar-refractivity contribution in [2.75, 3.05) is 61.2 Å². The number of rotatable bonds is 12. The minimum Gasteiger partial charge on any atom is -0.497 e. The molecule has 32 heavy (non-hydrogen) atoms. The van der Waals surface area contributed by atoms with Gasteiger partial charge in [-0.2, -0.15) is 0 Å². The van der Waals surface area contributed by atoms with Crippen LogP contribution in [0.2, 0.25) is 0 Å². The average Bonchev–Trinajstić information content (AvgIpc) is 3.14. The standard InChI is InChI=1S/C25H36N2O5/c1-26(16-20-5-8-22(30-3)9-6-20)18-25(28)11-12-27(19-25)17-21-7-10-23(31-4)24(15-21)32-14-13-29-2/h5-10,15,28H,11-14,16-19H2,1-4H3/t25-/m1/s1. The van der Waals surface area contributed by atoms with Crippen LogP contribution in [0.5, 0.6) is 17.2 Å². The Bertz CT molecular complexity index is 845. The molecule has 7 nitrogen and oxygen atoms in total. The highest BCUT2D eigenvalue weighted by Gasteiger charge is 2.36. The second-order valence-corrected chi connectivity index (χ2v) is 8.53. The predicted molar refractivity (Wildman–Crippen MR) is 125 cm³/mol. The molecule has 1 fully saturated rings. The van der Waals surface area contributed by atoms with Crippen LogP contribution in [-0.2, 0) is 17.8 Å². The molecule has 1 atom stereocenters. The number of nitrogens with zero attached hydrogens (tertiary/aromatic N) is 2. The van der Waals surface area contributed by atoms with Gasteiger partial charge in [-0.05, 0) is 48.9 Å². The lowest BCUT2D eigenvalue weighted by atomic mass is 10.0. The van der Waals surface area contributed by atoms with Crippen molar-refractivity contribution in [3.8, 4) is 17.2 Å². The Hall–Kier alpha value is -2.32. The number of likely N-dealkylation sites (N-methyl/N-ethyl adjacent to an activating group) is 1. The Morgan fingerprint density at radius 1 is 0.969 bits per heavy atom. The minimum absolute atomic E-state index is 0.473. The van der Waals surface area contributed by atoms with Gasteiger partial charge in [0.1, 0.15) is 12.4 Å². The summed E-state index contributed by atoms with van der Waals surface area (Å²) in [6, 6.07) is 14.1. The molecule has 7 heteroatoms. The maximum Gasteiger partial charge on any atom is 0.161 e. The molecule has 0 amide bonds. The monoisotopic (exact) mass is 444 g/mol. The second-order valence-electron chi connectivity index (χ2n) is 8.53. The van der Waals surface area contributed by atoms with Crippen LogP contribution in [0, 0.1) is 0 Å². The van der Waals surface area contributed by atoms with Gasteiger partial charge in [0.05, 0.1) is 26.4 Å². The van der Waals surface area contributed by atoms with Gasteiger partial charge in [-0.3, -0.25) is 9.80 Å². The van der Waals surface area contributed by atoms with E-state index in [4.69, 9.17) is 18.9 Å². The number of methoxy groups -OCH3 is 3. The highest BCUT2D eigenvalue weighted by Crippen LogP contribution is 2.30. The summed E-state index contributed by atoms with van der Waals surface area (Å²) in [5.74, 6) is 2.28. The molecule has 1 saturated heterocycles. The normalized spacial score (nSPS) is 18.8. The van der Waals surface area contributed by atoms with Gasteiger partial charge in [0.15, 0.2) is 11.5 Å². The Morgan fingerprint density at radius 2 is 1.72 bits per heavy atom. The van der Waals surface area contributed by atoms with Crippen molar-refractivity contribution in [3.63, 3.8) is 0 Å². The number of benzene rings is 2. The third-order valence-electron chi connectivity index (χ3n) is 5.77. The lowest BCUT2D eigenvalue weighted by Crippen LogP contribution is -2.43. The van der Waals surface area contributed by atoms with E-state index < -0.39 is 5.60 Å². The van der Waals surface area contributed by atoms with Crippen LogP contribution in [0.25, 0.3) is 0 Å². The molecular weight excluding hydrogens is 408 g/mol. The van der Waals surface area contributed by atoms with Gasteiger partial charge in [0.25, 0.3) is 0 Å². The van der Waals surface area contributed by atoms with Gasteiger partial charge in [0, 0.05) is 39.8 Å². The first-order valence-electron chi connectivity index (χ1n) is 11.0. The summed E-state index contributed by atoms with van der Waals surface area (Å²) in [5.41, 5.74) is 1.62. The SMILES string of the molecule is COCCOc1cc(CN2CC[C@@](O)(CN(C)Cc3ccc(OC)cc3)C2)ccc1OC. The van der Waals surface area contributed by atoms with Gasteiger partial charge in [-0.1, -0.05) is 18.2 Å². The summed E-state index contributed by atoms with van der Waals surface area (Å²) >= 11 is 0. The maximum absolute atomic E-state index is 11.2. The van der Waals surface area contributed by atoms with E-state index in [2.05, 4.69) is 35.0 Å². The molecular formula is C25H36N2O5. The van der Waals surface area contributed by atoms with Crippen molar-refractivity contribution in [1.29, 1.82) is 0 Å². The molecule has 0 aliphatic carbocycles. The summed E-state index contributed by atoms with van der Waals surface area (Å²) in [6.07, 6.45) is 0.757. The van der Waals surface area contributed by atoms with Gasteiger partial charge in [-0.25, -0.2) is 0 Å². The van der Waals surface area contributed by atoms with E-state index in [1.807, 2.05) is 24.3 Å². The van der Waals surface area contributed by atoms with E-state index in [0.29, 0.717) is 32.1 Å². The Balaban J connectivity index is 1.54. The molecule has 0 unspecified atom stereocenters. The van der Waals surface area contributed by atoms with Crippen molar-refractivity contribution >= 4 is 0 Å². The van der Waals surface area contributed by atoms with Crippen LogP contribution in [0.3, 0.4) is 0 Å². The van der Waals surface area contributed by atoms with E-state index in [9.17, 15) is 5.11 Å². The molecule has 0 bridgehead atoms. The predicted octanol–water partition coefficient (Wildman–Crippen LogP) is 2.80. The first-order chi connectivity index (χ1) is 15.4. The number of hydrogen-bond donors (Lipinski definition) is 1. The zero-order chi connectivity index (χ0) is 23.0. The van der Waals surface area contributed by atoms with Crippen LogP contribution in [0.4, 0.5) is 0 Å². The van der Waals surface area contributed by atoms with Crippen LogP contribution < -0.4 is 14.2 Å². The van der Waals surface area contributed by atoms with Gasteiger partial charge >= 0.3 is 0 Å². The van der Waals surface area contributed by atoms with Gasteiger partial charge in [-0.15, -0.1) is 0 Å². The molecule has 3 rings (SSSR count). The van der Waals surface area contributed by atoms with Crippen molar-refractivity contribution < 1.29 is 24.1 Å². The van der Waals surface area contributed by atoms with E-state index in [1.54, 1.807) is 21.3 Å². The zero-order valence-corrected chi connectivity index (χ0v) is 19.7. The smallest absolute Gasteiger partial charge is 0.161 e. The maximum atomic E-state index is 11.2. The van der Waals surface area contributed by atoms with E-state index >= 15 is 0 Å². The Morgan fingerprint density at radius 3 is 2.41 bits per heavy atom. The molecule has 1 N–H and O–H groups in total. The van der Waals surface area contributed by atoms with Crippen molar-refractivity contribution in [3.05, 3.63) is 53.6 Å². The van der Waals surface area contributed by atoms with E-state index in [1.165, 1.54) is 5.56 Å². The molecule has 1 aliphatic rings. The number of ether oxygens (including phenoxy) is 4. The number of likely N-dealkylation sites (tertiary alicyclic amines) is 1. The first-order valence-corrected chi connectivity index (χ1v) is 11.0. The van der Waals surface area contributed by atoms with E-state index in [0.717, 1.165) is 43.1 Å². The summed E-state index contributed by atoms with van der Waals surface area (Å²) in [6.45, 7) is 4.67. The fourth-order valence-electron chi connectivity index (χ4n) is 4.23. The van der Waals surface area contributed by atoms with Crippen molar-refractivity contribution in [1.82, 2.24) is 9.80 Å². The average molecular weight is 445 g/mol. The number of aliphatic hydroxyl groups is 1. The topological polar surface area (TPSA) is 63.6 Å². The third-order valence-corrected chi connectivity index (χ3v) is 5.77. The summed E-state index contributed by atoms with van der Waals surface area (Å²) in [7, 11) is 7.02. The molecule has 0 spiro atoms. The summed E-state index contributed by atoms with van der Waals surface area (Å²) in [5, 5.41) is 11.2. The first kappa shape index (κ1) is 24.3. The highest BCUT2D eigenvalue weighted by molar-refractivity contribution is 5.43. The summed E-state index contributed by atoms with van der Waals surface area (Å²) < 4.78 is 21.5. The Kier molecular flexibility index (Phi) is 8.75. The number of hydrogen-bond acceptors (Lipinski definition) is 7. The molecule has 2 aromatic carbocycles. The Labute approximate surface area is 191 Å². The van der Waals surface area contributed by atoms with Crippen molar-refractivity contribution in [2.24, 2.45) is 0 Å². The zero-order valence-electron chi connectivity index (χ0n) is 19.7. The third kappa shape index (κ3) is 6.84. The lowest BCUT2D eigenvalue weighted by Gasteiger charge is -2.29. The second kappa shape index (κ2) is 11.5. The van der Waals surface area contributed by atoms with Crippen LogP contribution in [0.1, 0.15) is 17.5 Å². The largest absolute Gasteiger partial charge is 0.497 e. The molecule has 0 radical (unpaired) electrons. The molecule has 1 aliphatic heterocycles. The van der Waals surface area contributed by atoms with Crippen LogP contribution >= 0.6 is 0 Å². The molecule has 1 heterocycles. The molecule has 0 aromatic heterocycles. The molecule has 2 aromatic rings. The number of β-amino-alcohol motifs (C(OH)–C–C–N with tert-alkyl or cyclic N) is 1. The minimum atomic E-state index is -0.717. The fourth-order valence-corrected chi connectivity index (χ4v) is 4.23. The highest BCUT2D eigenvalue weighted by atomic mass is 16.5. The quantitative estimate of drug-likeness (QED) is 0.505. The molecule has 0 saturated carbocycles. The fraction of sp³-hybridized carbons (Fsp3) is 0.520. The lowest BCUT2D eigenvalue weighted by molar-refractivity contribution is 0.0162. The summed E-state index contributed by atoms with van der Waals surface area (Å²) in [4.78, 5) is 4.47.